The van der Waals surface area contributed by atoms with Crippen molar-refractivity contribution in [2.24, 2.45) is 0 Å². The van der Waals surface area contributed by atoms with E-state index < -0.39 is 0 Å². The number of unbranched alkanes of at least 4 members (excludes halogenated alkanes) is 9. The molecule has 0 atom stereocenters. The molecule has 0 unspecified atom stereocenters. The van der Waals surface area contributed by atoms with E-state index in [1.807, 2.05) is 10.8 Å². The summed E-state index contributed by atoms with van der Waals surface area (Å²) in [5.41, 5.74) is 2.41. The third kappa shape index (κ3) is 7.55. The number of rotatable bonds is 14. The van der Waals surface area contributed by atoms with Crippen LogP contribution in [-0.4, -0.2) is 14.8 Å². The third-order valence-electron chi connectivity index (χ3n) is 5.00. The van der Waals surface area contributed by atoms with Crippen LogP contribution in [0.5, 0.6) is 0 Å². The predicted octanol–water partition coefficient (Wildman–Crippen LogP) is 6.43. The van der Waals surface area contributed by atoms with Crippen molar-refractivity contribution in [2.45, 2.75) is 84.1 Å². The Kier molecular flexibility index (Phi) is 9.78. The van der Waals surface area contributed by atoms with Gasteiger partial charge >= 0.3 is 0 Å². The van der Waals surface area contributed by atoms with Gasteiger partial charge in [0, 0.05) is 6.42 Å². The molecule has 0 radical (unpaired) electrons. The van der Waals surface area contributed by atoms with Gasteiger partial charge in [0.1, 0.15) is 12.2 Å². The van der Waals surface area contributed by atoms with Crippen LogP contribution in [0.3, 0.4) is 0 Å². The highest BCUT2D eigenvalue weighted by Crippen LogP contribution is 2.13. The zero-order valence-corrected chi connectivity index (χ0v) is 16.5. The highest BCUT2D eigenvalue weighted by Gasteiger charge is 2.05. The van der Waals surface area contributed by atoms with Crippen molar-refractivity contribution >= 4 is 6.08 Å². The summed E-state index contributed by atoms with van der Waals surface area (Å²) in [6.07, 6.45) is 18.2. The van der Waals surface area contributed by atoms with Crippen molar-refractivity contribution in [1.29, 1.82) is 0 Å². The third-order valence-corrected chi connectivity index (χ3v) is 5.00. The molecule has 142 valence electrons. The standard InChI is InChI=1S/C23H35N3/c1-3-5-6-7-8-9-10-11-12-13-14-23-24-20-25-26(23)19-22-17-15-21(4-2)16-18-22/h4,15-18,20H,2-3,5-14,19H2,1H3. The lowest BCUT2D eigenvalue weighted by atomic mass is 10.1. The topological polar surface area (TPSA) is 30.7 Å². The lowest BCUT2D eigenvalue weighted by Gasteiger charge is -2.07. The second-order valence-electron chi connectivity index (χ2n) is 7.21. The number of nitrogens with zero attached hydrogens (tertiary/aromatic N) is 3. The SMILES string of the molecule is C=Cc1ccc(Cn2ncnc2CCCCCCCCCCCC)cc1. The van der Waals surface area contributed by atoms with E-state index >= 15 is 0 Å². The molecule has 0 saturated carbocycles. The van der Waals surface area contributed by atoms with E-state index in [0.717, 1.165) is 24.4 Å². The molecular weight excluding hydrogens is 318 g/mol. The van der Waals surface area contributed by atoms with Gasteiger partial charge in [-0.15, -0.1) is 0 Å². The van der Waals surface area contributed by atoms with Crippen LogP contribution < -0.4 is 0 Å². The molecule has 3 nitrogen and oxygen atoms in total. The largest absolute Gasteiger partial charge is 0.246 e. The minimum absolute atomic E-state index is 0.796. The second kappa shape index (κ2) is 12.5. The van der Waals surface area contributed by atoms with Crippen LogP contribution in [0.15, 0.2) is 37.2 Å². The minimum atomic E-state index is 0.796. The lowest BCUT2D eigenvalue weighted by molar-refractivity contribution is 0.547. The van der Waals surface area contributed by atoms with Gasteiger partial charge in [-0.3, -0.25) is 0 Å². The van der Waals surface area contributed by atoms with Crippen LogP contribution in [0.2, 0.25) is 0 Å². The molecule has 0 aliphatic heterocycles. The number of benzene rings is 1. The summed E-state index contributed by atoms with van der Waals surface area (Å²) in [6.45, 7) is 6.87. The van der Waals surface area contributed by atoms with Gasteiger partial charge in [-0.05, 0) is 17.5 Å². The Labute approximate surface area is 159 Å². The zero-order valence-electron chi connectivity index (χ0n) is 16.5. The predicted molar refractivity (Wildman–Crippen MR) is 111 cm³/mol. The van der Waals surface area contributed by atoms with E-state index in [1.165, 1.54) is 69.8 Å². The molecule has 0 aliphatic carbocycles. The molecule has 0 fully saturated rings. The van der Waals surface area contributed by atoms with Crippen molar-refractivity contribution in [3.63, 3.8) is 0 Å². The van der Waals surface area contributed by atoms with E-state index in [-0.39, 0.29) is 0 Å². The molecular formula is C23H35N3. The van der Waals surface area contributed by atoms with Gasteiger partial charge in [-0.25, -0.2) is 9.67 Å². The van der Waals surface area contributed by atoms with Crippen molar-refractivity contribution in [3.8, 4) is 0 Å². The minimum Gasteiger partial charge on any atom is -0.246 e. The first-order chi connectivity index (χ1) is 12.8. The molecule has 26 heavy (non-hydrogen) atoms. The second-order valence-corrected chi connectivity index (χ2v) is 7.21. The molecule has 3 heteroatoms. The fraction of sp³-hybridized carbons (Fsp3) is 0.565. The summed E-state index contributed by atoms with van der Waals surface area (Å²) in [5, 5.41) is 4.40. The van der Waals surface area contributed by atoms with Crippen LogP contribution in [0.25, 0.3) is 6.08 Å². The van der Waals surface area contributed by atoms with E-state index in [4.69, 9.17) is 0 Å². The average molecular weight is 354 g/mol. The summed E-state index contributed by atoms with van der Waals surface area (Å²) in [6, 6.07) is 8.48. The Bertz CT molecular complexity index is 613. The monoisotopic (exact) mass is 353 g/mol. The lowest BCUT2D eigenvalue weighted by Crippen LogP contribution is -2.07. The van der Waals surface area contributed by atoms with Gasteiger partial charge in [0.15, 0.2) is 0 Å². The van der Waals surface area contributed by atoms with Crippen LogP contribution in [0, 0.1) is 0 Å². The first-order valence-corrected chi connectivity index (χ1v) is 10.4. The molecule has 0 spiro atoms. The first-order valence-electron chi connectivity index (χ1n) is 10.4. The van der Waals surface area contributed by atoms with Gasteiger partial charge in [-0.1, -0.05) is 102 Å². The van der Waals surface area contributed by atoms with E-state index in [2.05, 4.69) is 47.9 Å². The van der Waals surface area contributed by atoms with Crippen molar-refractivity contribution in [2.75, 3.05) is 0 Å². The van der Waals surface area contributed by atoms with Crippen molar-refractivity contribution in [1.82, 2.24) is 14.8 Å². The Balaban J connectivity index is 1.61. The smallest absolute Gasteiger partial charge is 0.138 e. The quantitative estimate of drug-likeness (QED) is 0.366. The Hall–Kier alpha value is -1.90. The van der Waals surface area contributed by atoms with Crippen LogP contribution in [-0.2, 0) is 13.0 Å². The van der Waals surface area contributed by atoms with Gasteiger partial charge in [0.25, 0.3) is 0 Å². The number of aromatic nitrogens is 3. The van der Waals surface area contributed by atoms with Gasteiger partial charge in [0.05, 0.1) is 6.54 Å². The first kappa shape index (κ1) is 20.4. The molecule has 0 bridgehead atoms. The Morgan fingerprint density at radius 2 is 1.50 bits per heavy atom. The maximum absolute atomic E-state index is 4.46. The van der Waals surface area contributed by atoms with Crippen LogP contribution >= 0.6 is 0 Å². The highest BCUT2D eigenvalue weighted by atomic mass is 15.3. The molecule has 2 rings (SSSR count). The van der Waals surface area contributed by atoms with E-state index in [0.29, 0.717) is 0 Å². The molecule has 1 aromatic heterocycles. The molecule has 0 amide bonds. The highest BCUT2D eigenvalue weighted by molar-refractivity contribution is 5.47. The van der Waals surface area contributed by atoms with Gasteiger partial charge in [0.2, 0.25) is 0 Å². The van der Waals surface area contributed by atoms with Crippen molar-refractivity contribution < 1.29 is 0 Å². The van der Waals surface area contributed by atoms with Crippen LogP contribution in [0.1, 0.15) is 88.1 Å². The van der Waals surface area contributed by atoms with E-state index in [1.54, 1.807) is 6.33 Å². The van der Waals surface area contributed by atoms with Gasteiger partial charge in [-0.2, -0.15) is 5.10 Å². The fourth-order valence-electron chi connectivity index (χ4n) is 3.32. The maximum atomic E-state index is 4.46. The maximum Gasteiger partial charge on any atom is 0.138 e. The molecule has 0 saturated heterocycles. The molecule has 2 aromatic rings. The normalized spacial score (nSPS) is 11.0. The summed E-state index contributed by atoms with van der Waals surface area (Å²) in [5.74, 6) is 1.11. The van der Waals surface area contributed by atoms with E-state index in [9.17, 15) is 0 Å². The summed E-state index contributed by atoms with van der Waals surface area (Å²) in [4.78, 5) is 4.46. The fourth-order valence-corrected chi connectivity index (χ4v) is 3.32. The molecule has 0 aliphatic rings. The molecule has 1 aromatic carbocycles. The summed E-state index contributed by atoms with van der Waals surface area (Å²) in [7, 11) is 0. The Morgan fingerprint density at radius 1 is 0.885 bits per heavy atom. The zero-order chi connectivity index (χ0) is 18.5. The molecule has 0 N–H and O–H groups in total. The summed E-state index contributed by atoms with van der Waals surface area (Å²) >= 11 is 0. The van der Waals surface area contributed by atoms with Crippen molar-refractivity contribution in [3.05, 3.63) is 54.1 Å². The van der Waals surface area contributed by atoms with Gasteiger partial charge < -0.3 is 0 Å². The summed E-state index contributed by atoms with van der Waals surface area (Å²) < 4.78 is 2.04. The number of aryl methyl sites for hydroxylation is 1. The number of hydrogen-bond donors (Lipinski definition) is 0. The van der Waals surface area contributed by atoms with Crippen LogP contribution in [0.4, 0.5) is 0 Å². The number of hydrogen-bond acceptors (Lipinski definition) is 2. The Morgan fingerprint density at radius 3 is 2.12 bits per heavy atom. The molecule has 1 heterocycles. The average Bonchev–Trinajstić information content (AvgIpc) is 3.11.